The van der Waals surface area contributed by atoms with Gasteiger partial charge in [-0.1, -0.05) is 24.4 Å². The molecule has 0 aliphatic carbocycles. The van der Waals surface area contributed by atoms with Crippen LogP contribution in [0.5, 0.6) is 0 Å². The number of hydrogen-bond acceptors (Lipinski definition) is 3. The van der Waals surface area contributed by atoms with Gasteiger partial charge in [0.15, 0.2) is 0 Å². The molecule has 1 aromatic carbocycles. The average molecular weight is 278 g/mol. The summed E-state index contributed by atoms with van der Waals surface area (Å²) in [5, 5.41) is 0. The maximum atomic E-state index is 12.5. The molecule has 102 valence electrons. The molecule has 2 N–H and O–H groups in total. The summed E-state index contributed by atoms with van der Waals surface area (Å²) in [4.78, 5) is 14.6. The van der Waals surface area contributed by atoms with Crippen LogP contribution in [-0.4, -0.2) is 41.1 Å². The number of carbonyl (C=O) groups is 1. The monoisotopic (exact) mass is 278 g/mol. The minimum Gasteiger partial charge on any atom is -0.389 e. The molecule has 1 amide bonds. The molecule has 19 heavy (non-hydrogen) atoms. The highest BCUT2D eigenvalue weighted by Gasteiger charge is 2.26. The second kappa shape index (κ2) is 5.67. The number of ether oxygens (including phenoxy) is 1. The lowest BCUT2D eigenvalue weighted by Crippen LogP contribution is -2.48. The van der Waals surface area contributed by atoms with Crippen LogP contribution < -0.4 is 5.73 Å². The Labute approximate surface area is 118 Å². The van der Waals surface area contributed by atoms with Crippen molar-refractivity contribution in [3.63, 3.8) is 0 Å². The van der Waals surface area contributed by atoms with Gasteiger partial charge in [0.05, 0.1) is 12.2 Å². The molecule has 4 nitrogen and oxygen atoms in total. The molecule has 1 fully saturated rings. The van der Waals surface area contributed by atoms with Gasteiger partial charge in [-0.3, -0.25) is 4.79 Å². The van der Waals surface area contributed by atoms with Gasteiger partial charge in [0.1, 0.15) is 4.99 Å². The lowest BCUT2D eigenvalue weighted by Gasteiger charge is -2.35. The Kier molecular flexibility index (Phi) is 4.17. The fourth-order valence-electron chi connectivity index (χ4n) is 2.33. The van der Waals surface area contributed by atoms with E-state index < -0.39 is 0 Å². The highest BCUT2D eigenvalue weighted by Crippen LogP contribution is 2.15. The smallest absolute Gasteiger partial charge is 0.254 e. The van der Waals surface area contributed by atoms with Gasteiger partial charge in [0.25, 0.3) is 5.91 Å². The Morgan fingerprint density at radius 2 is 1.89 bits per heavy atom. The lowest BCUT2D eigenvalue weighted by atomic mass is 10.1. The number of nitrogens with two attached hydrogens (primary N) is 1. The number of carbonyl (C=O) groups excluding carboxylic acids is 1. The van der Waals surface area contributed by atoms with Crippen LogP contribution in [0.1, 0.15) is 29.8 Å². The number of amides is 1. The second-order valence-corrected chi connectivity index (χ2v) is 5.35. The number of thiocarbonyl (C=S) groups is 1. The van der Waals surface area contributed by atoms with E-state index >= 15 is 0 Å². The van der Waals surface area contributed by atoms with Crippen molar-refractivity contribution < 1.29 is 9.53 Å². The lowest BCUT2D eigenvalue weighted by molar-refractivity contribution is -0.0586. The van der Waals surface area contributed by atoms with E-state index in [1.807, 2.05) is 24.8 Å². The SMILES string of the molecule is CC1CN(C(=O)c2cccc(C(N)=S)c2)CC(C)O1. The third kappa shape index (κ3) is 3.30. The van der Waals surface area contributed by atoms with Crippen LogP contribution in [0.25, 0.3) is 0 Å². The molecule has 1 aromatic rings. The molecule has 1 heterocycles. The molecule has 2 rings (SSSR count). The predicted molar refractivity (Wildman–Crippen MR) is 78.2 cm³/mol. The number of nitrogens with zero attached hydrogens (tertiary/aromatic N) is 1. The van der Waals surface area contributed by atoms with Crippen molar-refractivity contribution in [1.29, 1.82) is 0 Å². The van der Waals surface area contributed by atoms with Crippen molar-refractivity contribution in [1.82, 2.24) is 4.90 Å². The zero-order chi connectivity index (χ0) is 14.0. The first-order chi connectivity index (χ1) is 8.97. The number of hydrogen-bond donors (Lipinski definition) is 1. The normalized spacial score (nSPS) is 23.2. The summed E-state index contributed by atoms with van der Waals surface area (Å²) in [5.74, 6) is 0.0000926. The molecule has 1 aliphatic rings. The van der Waals surface area contributed by atoms with Crippen molar-refractivity contribution >= 4 is 23.1 Å². The van der Waals surface area contributed by atoms with Crippen molar-refractivity contribution in [2.24, 2.45) is 5.73 Å². The van der Waals surface area contributed by atoms with Gasteiger partial charge in [0.2, 0.25) is 0 Å². The molecule has 2 unspecified atom stereocenters. The van der Waals surface area contributed by atoms with Crippen LogP contribution in [-0.2, 0) is 4.74 Å². The van der Waals surface area contributed by atoms with Gasteiger partial charge in [-0.15, -0.1) is 0 Å². The summed E-state index contributed by atoms with van der Waals surface area (Å²) in [6, 6.07) is 7.14. The molecular weight excluding hydrogens is 260 g/mol. The molecule has 0 spiro atoms. The molecule has 1 aliphatic heterocycles. The Hall–Kier alpha value is -1.46. The Morgan fingerprint density at radius 3 is 2.47 bits per heavy atom. The van der Waals surface area contributed by atoms with E-state index in [-0.39, 0.29) is 18.1 Å². The van der Waals surface area contributed by atoms with Gasteiger partial charge in [-0.25, -0.2) is 0 Å². The quantitative estimate of drug-likeness (QED) is 0.834. The van der Waals surface area contributed by atoms with Crippen LogP contribution in [0.15, 0.2) is 24.3 Å². The van der Waals surface area contributed by atoms with Crippen molar-refractivity contribution in [3.05, 3.63) is 35.4 Å². The molecular formula is C14H18N2O2S. The Morgan fingerprint density at radius 1 is 1.32 bits per heavy atom. The summed E-state index contributed by atoms with van der Waals surface area (Å²) in [6.45, 7) is 5.17. The van der Waals surface area contributed by atoms with E-state index in [9.17, 15) is 4.79 Å². The topological polar surface area (TPSA) is 55.6 Å². The first kappa shape index (κ1) is 14.0. The summed E-state index contributed by atoms with van der Waals surface area (Å²) < 4.78 is 5.63. The van der Waals surface area contributed by atoms with Crippen LogP contribution in [0.2, 0.25) is 0 Å². The van der Waals surface area contributed by atoms with Crippen LogP contribution in [0, 0.1) is 0 Å². The fraction of sp³-hybridized carbons (Fsp3) is 0.429. The van der Waals surface area contributed by atoms with Crippen molar-refractivity contribution in [2.45, 2.75) is 26.1 Å². The van der Waals surface area contributed by atoms with E-state index in [1.54, 1.807) is 18.2 Å². The maximum absolute atomic E-state index is 12.5. The molecule has 0 radical (unpaired) electrons. The molecule has 0 bridgehead atoms. The van der Waals surface area contributed by atoms with Crippen molar-refractivity contribution in [3.8, 4) is 0 Å². The molecule has 0 saturated carbocycles. The highest BCUT2D eigenvalue weighted by molar-refractivity contribution is 7.80. The number of rotatable bonds is 2. The van der Waals surface area contributed by atoms with Gasteiger partial charge < -0.3 is 15.4 Å². The number of benzene rings is 1. The van der Waals surface area contributed by atoms with Crippen LogP contribution >= 0.6 is 12.2 Å². The predicted octanol–water partition coefficient (Wildman–Crippen LogP) is 1.57. The highest BCUT2D eigenvalue weighted by atomic mass is 32.1. The van der Waals surface area contributed by atoms with Gasteiger partial charge in [-0.05, 0) is 26.0 Å². The third-order valence-electron chi connectivity index (χ3n) is 3.10. The zero-order valence-electron chi connectivity index (χ0n) is 11.1. The largest absolute Gasteiger partial charge is 0.389 e. The van der Waals surface area contributed by atoms with E-state index in [0.717, 1.165) is 5.56 Å². The first-order valence-electron chi connectivity index (χ1n) is 6.32. The minimum absolute atomic E-state index is 0.0000926. The summed E-state index contributed by atoms with van der Waals surface area (Å²) >= 11 is 4.94. The summed E-state index contributed by atoms with van der Waals surface area (Å²) in [6.07, 6.45) is 0.123. The second-order valence-electron chi connectivity index (χ2n) is 4.91. The van der Waals surface area contributed by atoms with Crippen molar-refractivity contribution in [2.75, 3.05) is 13.1 Å². The molecule has 0 aromatic heterocycles. The maximum Gasteiger partial charge on any atom is 0.254 e. The van der Waals surface area contributed by atoms with Gasteiger partial charge in [-0.2, -0.15) is 0 Å². The molecule has 1 saturated heterocycles. The molecule has 2 atom stereocenters. The van der Waals surface area contributed by atoms with Crippen LogP contribution in [0.4, 0.5) is 0 Å². The standard InChI is InChI=1S/C14H18N2O2S/c1-9-7-16(8-10(2)18-9)14(17)12-5-3-4-11(6-12)13(15)19/h3-6,9-10H,7-8H2,1-2H3,(H2,15,19). The molecule has 5 heteroatoms. The summed E-state index contributed by atoms with van der Waals surface area (Å²) in [7, 11) is 0. The average Bonchev–Trinajstić information content (AvgIpc) is 2.37. The van der Waals surface area contributed by atoms with E-state index in [2.05, 4.69) is 0 Å². The minimum atomic E-state index is 0.0000926. The Bertz CT molecular complexity index is 494. The van der Waals surface area contributed by atoms with E-state index in [1.165, 1.54) is 0 Å². The first-order valence-corrected chi connectivity index (χ1v) is 6.73. The van der Waals surface area contributed by atoms with Gasteiger partial charge >= 0.3 is 0 Å². The summed E-state index contributed by atoms with van der Waals surface area (Å²) in [5.41, 5.74) is 6.93. The zero-order valence-corrected chi connectivity index (χ0v) is 11.9. The third-order valence-corrected chi connectivity index (χ3v) is 3.34. The van der Waals surface area contributed by atoms with Gasteiger partial charge in [0, 0.05) is 24.2 Å². The Balaban J connectivity index is 2.19. The van der Waals surface area contributed by atoms with Crippen LogP contribution in [0.3, 0.4) is 0 Å². The van der Waals surface area contributed by atoms with E-state index in [0.29, 0.717) is 23.6 Å². The van der Waals surface area contributed by atoms with E-state index in [4.69, 9.17) is 22.7 Å². The number of morpholine rings is 1. The fourth-order valence-corrected chi connectivity index (χ4v) is 2.46.